The number of para-hydroxylation sites is 1. The van der Waals surface area contributed by atoms with Crippen LogP contribution >= 0.6 is 15.9 Å². The van der Waals surface area contributed by atoms with Crippen LogP contribution in [0.15, 0.2) is 24.3 Å². The molecule has 9 heteroatoms. The first-order valence-corrected chi connectivity index (χ1v) is 9.45. The Morgan fingerprint density at radius 1 is 1.19 bits per heavy atom. The van der Waals surface area contributed by atoms with Gasteiger partial charge in [-0.2, -0.15) is 0 Å². The predicted molar refractivity (Wildman–Crippen MR) is 100.0 cm³/mol. The molecule has 2 fully saturated rings. The van der Waals surface area contributed by atoms with Crippen LogP contribution in [-0.2, 0) is 9.59 Å². The minimum atomic E-state index is -1.01. The monoisotopic (exact) mass is 437 g/mol. The Labute approximate surface area is 164 Å². The Morgan fingerprint density at radius 3 is 2.37 bits per heavy atom. The van der Waals surface area contributed by atoms with E-state index < -0.39 is 37.8 Å². The summed E-state index contributed by atoms with van der Waals surface area (Å²) in [4.78, 5) is 47.9. The van der Waals surface area contributed by atoms with Crippen LogP contribution in [0.25, 0.3) is 0 Å². The van der Waals surface area contributed by atoms with Gasteiger partial charge in [0.15, 0.2) is 5.78 Å². The Morgan fingerprint density at radius 2 is 1.81 bits per heavy atom. The minimum absolute atomic E-state index is 0.0149. The molecule has 2 aliphatic carbocycles. The van der Waals surface area contributed by atoms with E-state index in [1.54, 1.807) is 0 Å². The number of Topliss-reactive ketones (excluding diaryl/α,β-unsaturated/α-hetero) is 1. The van der Waals surface area contributed by atoms with E-state index in [0.717, 1.165) is 0 Å². The number of benzene rings is 1. The fourth-order valence-electron chi connectivity index (χ4n) is 4.57. The molecule has 0 saturated heterocycles. The number of alkyl halides is 1. The van der Waals surface area contributed by atoms with Gasteiger partial charge >= 0.3 is 0 Å². The second-order valence-electron chi connectivity index (χ2n) is 7.84. The molecule has 144 valence electrons. The van der Waals surface area contributed by atoms with Crippen molar-refractivity contribution in [3.63, 3.8) is 0 Å². The summed E-state index contributed by atoms with van der Waals surface area (Å²) in [6.45, 7) is 5.66. The number of hydrogen-bond acceptors (Lipinski definition) is 5. The molecule has 0 aliphatic heterocycles. The van der Waals surface area contributed by atoms with E-state index in [-0.39, 0.29) is 17.0 Å². The number of amides is 2. The highest BCUT2D eigenvalue weighted by Crippen LogP contribution is 2.72. The number of nitrogens with zero attached hydrogens (tertiary/aromatic N) is 1. The fourth-order valence-corrected chi connectivity index (χ4v) is 6.09. The standard InChI is InChI=1S/C18H20BrN3O5/c1-16(2)17(3)8-9-18(16,12(19)13(17)23)15(25)21-20-14(24)10-6-4-5-7-11(10)22(26)27/h4-7,12H,8-9H2,1-3H3,(H,20,24)(H,21,25). The summed E-state index contributed by atoms with van der Waals surface area (Å²) in [6.07, 6.45) is 1.10. The van der Waals surface area contributed by atoms with Gasteiger partial charge in [0.05, 0.1) is 15.2 Å². The number of carbonyl (C=O) groups is 3. The number of nitrogens with one attached hydrogen (secondary N) is 2. The topological polar surface area (TPSA) is 118 Å². The van der Waals surface area contributed by atoms with Crippen LogP contribution in [0.5, 0.6) is 0 Å². The third-order valence-corrected chi connectivity index (χ3v) is 7.96. The lowest BCUT2D eigenvalue weighted by molar-refractivity contribution is -0.385. The van der Waals surface area contributed by atoms with Crippen molar-refractivity contribution in [2.24, 2.45) is 16.2 Å². The first-order chi connectivity index (χ1) is 12.5. The lowest BCUT2D eigenvalue weighted by atomic mass is 9.64. The van der Waals surface area contributed by atoms with Crippen LogP contribution in [0.4, 0.5) is 5.69 Å². The van der Waals surface area contributed by atoms with Gasteiger partial charge < -0.3 is 0 Å². The lowest BCUT2D eigenvalue weighted by Crippen LogP contribution is -2.55. The molecule has 2 aliphatic rings. The number of nitro benzene ring substituents is 1. The maximum atomic E-state index is 13.1. The fraction of sp³-hybridized carbons (Fsp3) is 0.500. The molecule has 2 amide bonds. The van der Waals surface area contributed by atoms with Gasteiger partial charge in [-0.15, -0.1) is 0 Å². The van der Waals surface area contributed by atoms with Crippen molar-refractivity contribution in [2.75, 3.05) is 0 Å². The number of nitro groups is 1. The number of fused-ring (bicyclic) bond motifs is 2. The van der Waals surface area contributed by atoms with E-state index in [1.807, 2.05) is 20.8 Å². The van der Waals surface area contributed by atoms with Gasteiger partial charge in [0.1, 0.15) is 5.56 Å². The van der Waals surface area contributed by atoms with E-state index in [4.69, 9.17) is 0 Å². The quantitative estimate of drug-likeness (QED) is 0.427. The summed E-state index contributed by atoms with van der Waals surface area (Å²) < 4.78 is 0. The predicted octanol–water partition coefficient (Wildman–Crippen LogP) is 2.51. The molecule has 0 spiro atoms. The van der Waals surface area contributed by atoms with Gasteiger partial charge in [0, 0.05) is 11.5 Å². The summed E-state index contributed by atoms with van der Waals surface area (Å²) in [5, 5.41) is 11.1. The molecule has 3 atom stereocenters. The molecule has 2 bridgehead atoms. The van der Waals surface area contributed by atoms with E-state index in [1.165, 1.54) is 24.3 Å². The molecule has 3 unspecified atom stereocenters. The molecule has 3 rings (SSSR count). The Bertz CT molecular complexity index is 870. The van der Waals surface area contributed by atoms with Gasteiger partial charge in [-0.1, -0.05) is 48.8 Å². The van der Waals surface area contributed by atoms with E-state index >= 15 is 0 Å². The zero-order valence-electron chi connectivity index (χ0n) is 15.2. The van der Waals surface area contributed by atoms with E-state index in [0.29, 0.717) is 12.8 Å². The summed E-state index contributed by atoms with van der Waals surface area (Å²) in [6, 6.07) is 5.47. The SMILES string of the molecule is CC12CCC(C(=O)NNC(=O)c3ccccc3[N+](=O)[O-])(C(Br)C1=O)C2(C)C. The first-order valence-electron chi connectivity index (χ1n) is 8.53. The van der Waals surface area contributed by atoms with Crippen LogP contribution in [0, 0.1) is 26.4 Å². The van der Waals surface area contributed by atoms with Crippen molar-refractivity contribution in [1.82, 2.24) is 10.9 Å². The third-order valence-electron chi connectivity index (χ3n) is 6.76. The molecule has 0 aromatic heterocycles. The van der Waals surface area contributed by atoms with Crippen molar-refractivity contribution in [2.45, 2.75) is 38.4 Å². The summed E-state index contributed by atoms with van der Waals surface area (Å²) >= 11 is 3.40. The van der Waals surface area contributed by atoms with Gasteiger partial charge in [0.25, 0.3) is 11.6 Å². The molecule has 1 aromatic rings. The highest BCUT2D eigenvalue weighted by molar-refractivity contribution is 9.10. The number of carbonyl (C=O) groups excluding carboxylic acids is 3. The molecule has 27 heavy (non-hydrogen) atoms. The lowest BCUT2D eigenvalue weighted by Gasteiger charge is -2.39. The number of ketones is 1. The summed E-state index contributed by atoms with van der Waals surface area (Å²) in [7, 11) is 0. The summed E-state index contributed by atoms with van der Waals surface area (Å²) in [5.41, 5.74) is 1.89. The van der Waals surface area contributed by atoms with Crippen LogP contribution < -0.4 is 10.9 Å². The Kier molecular flexibility index (Phi) is 4.41. The number of halogens is 1. The van der Waals surface area contributed by atoms with Crippen molar-refractivity contribution in [1.29, 1.82) is 0 Å². The van der Waals surface area contributed by atoms with Crippen molar-refractivity contribution >= 4 is 39.2 Å². The van der Waals surface area contributed by atoms with Crippen molar-refractivity contribution < 1.29 is 19.3 Å². The van der Waals surface area contributed by atoms with Crippen LogP contribution in [-0.4, -0.2) is 27.3 Å². The van der Waals surface area contributed by atoms with Gasteiger partial charge in [-0.25, -0.2) is 0 Å². The Balaban J connectivity index is 1.82. The van der Waals surface area contributed by atoms with Crippen LogP contribution in [0.3, 0.4) is 0 Å². The first kappa shape index (κ1) is 19.5. The molecule has 8 nitrogen and oxygen atoms in total. The average molecular weight is 438 g/mol. The second kappa shape index (κ2) is 6.12. The molecule has 2 N–H and O–H groups in total. The van der Waals surface area contributed by atoms with Crippen LogP contribution in [0.1, 0.15) is 44.0 Å². The maximum absolute atomic E-state index is 13.1. The second-order valence-corrected chi connectivity index (χ2v) is 8.75. The molecule has 0 heterocycles. The normalized spacial score (nSPS) is 30.8. The maximum Gasteiger partial charge on any atom is 0.282 e. The molecular weight excluding hydrogens is 418 g/mol. The highest BCUT2D eigenvalue weighted by atomic mass is 79.9. The van der Waals surface area contributed by atoms with Gasteiger partial charge in [-0.05, 0) is 24.3 Å². The number of hydrogen-bond donors (Lipinski definition) is 2. The smallest absolute Gasteiger partial charge is 0.282 e. The van der Waals surface area contributed by atoms with Crippen molar-refractivity contribution in [3.05, 3.63) is 39.9 Å². The zero-order valence-corrected chi connectivity index (χ0v) is 16.8. The van der Waals surface area contributed by atoms with Gasteiger partial charge in [-0.3, -0.25) is 35.3 Å². The van der Waals surface area contributed by atoms with Crippen molar-refractivity contribution in [3.8, 4) is 0 Å². The number of rotatable bonds is 3. The molecule has 2 saturated carbocycles. The molecule has 1 aromatic carbocycles. The third kappa shape index (κ3) is 2.37. The zero-order chi connectivity index (χ0) is 20.2. The average Bonchev–Trinajstić information content (AvgIpc) is 2.91. The summed E-state index contributed by atoms with van der Waals surface area (Å²) in [5.74, 6) is -1.28. The molecule has 0 radical (unpaired) electrons. The highest BCUT2D eigenvalue weighted by Gasteiger charge is 2.76. The number of hydrazine groups is 1. The van der Waals surface area contributed by atoms with E-state index in [9.17, 15) is 24.5 Å². The Hall–Kier alpha value is -2.29. The largest absolute Gasteiger partial charge is 0.298 e. The van der Waals surface area contributed by atoms with Gasteiger partial charge in [0.2, 0.25) is 5.91 Å². The molecular formula is C18H20BrN3O5. The minimum Gasteiger partial charge on any atom is -0.298 e. The van der Waals surface area contributed by atoms with Crippen LogP contribution in [0.2, 0.25) is 0 Å². The van der Waals surface area contributed by atoms with E-state index in [2.05, 4.69) is 26.8 Å².